The molecule has 0 fully saturated rings. The summed E-state index contributed by atoms with van der Waals surface area (Å²) in [7, 11) is 0. The quantitative estimate of drug-likeness (QED) is 0.783. The molecule has 0 aliphatic rings. The van der Waals surface area contributed by atoms with Crippen LogP contribution in [0.4, 0.5) is 4.79 Å². The van der Waals surface area contributed by atoms with Gasteiger partial charge in [0.05, 0.1) is 10.4 Å². The number of aromatic nitrogens is 1. The Labute approximate surface area is 119 Å². The van der Waals surface area contributed by atoms with Gasteiger partial charge in [0.25, 0.3) is 5.91 Å². The van der Waals surface area contributed by atoms with E-state index in [0.29, 0.717) is 5.69 Å². The van der Waals surface area contributed by atoms with Crippen molar-refractivity contribution in [2.45, 2.75) is 0 Å². The van der Waals surface area contributed by atoms with Crippen molar-refractivity contribution < 1.29 is 14.7 Å². The van der Waals surface area contributed by atoms with E-state index >= 15 is 0 Å². The van der Waals surface area contributed by atoms with Crippen LogP contribution in [0.2, 0.25) is 0 Å². The van der Waals surface area contributed by atoms with Crippen LogP contribution in [0.15, 0.2) is 35.8 Å². The fraction of sp³-hybridized carbons (Fsp3) is 0.154. The first-order chi connectivity index (χ1) is 9.68. The fourth-order valence-electron chi connectivity index (χ4n) is 1.63. The molecule has 0 bridgehead atoms. The second kappa shape index (κ2) is 6.67. The zero-order valence-electron chi connectivity index (χ0n) is 10.5. The summed E-state index contributed by atoms with van der Waals surface area (Å²) in [6, 6.07) is 9.49. The lowest BCUT2D eigenvalue weighted by Gasteiger charge is -2.07. The maximum absolute atomic E-state index is 12.0. The monoisotopic (exact) mass is 290 g/mol. The van der Waals surface area contributed by atoms with Crippen LogP contribution in [0.1, 0.15) is 10.5 Å². The van der Waals surface area contributed by atoms with E-state index in [2.05, 4.69) is 15.6 Å². The van der Waals surface area contributed by atoms with Crippen LogP contribution in [0, 0.1) is 0 Å². The minimum absolute atomic E-state index is 0.0961. The summed E-state index contributed by atoms with van der Waals surface area (Å²) >= 11 is 1.38. The molecule has 1 aromatic heterocycles. The molecule has 0 saturated carbocycles. The summed E-state index contributed by atoms with van der Waals surface area (Å²) in [6.45, 7) is 0.275. The highest BCUT2D eigenvalue weighted by molar-refractivity contribution is 7.13. The molecule has 0 unspecified atom stereocenters. The van der Waals surface area contributed by atoms with Gasteiger partial charge in [0.2, 0.25) is 0 Å². The van der Waals surface area contributed by atoms with Crippen LogP contribution >= 0.6 is 11.3 Å². The molecule has 2 amide bonds. The first-order valence-corrected chi connectivity index (χ1v) is 6.78. The Morgan fingerprint density at radius 3 is 2.55 bits per heavy atom. The molecular formula is C13H12N3O3S-. The van der Waals surface area contributed by atoms with Gasteiger partial charge >= 0.3 is 0 Å². The number of benzene rings is 1. The van der Waals surface area contributed by atoms with Crippen LogP contribution < -0.4 is 15.7 Å². The Bertz CT molecular complexity index is 598. The van der Waals surface area contributed by atoms with E-state index in [0.717, 1.165) is 10.4 Å². The highest BCUT2D eigenvalue weighted by Gasteiger charge is 2.15. The van der Waals surface area contributed by atoms with Crippen molar-refractivity contribution in [3.8, 4) is 10.4 Å². The van der Waals surface area contributed by atoms with Crippen molar-refractivity contribution in [1.82, 2.24) is 15.6 Å². The topological polar surface area (TPSA) is 94.1 Å². The lowest BCUT2D eigenvalue weighted by Crippen LogP contribution is -2.41. The Morgan fingerprint density at radius 2 is 1.85 bits per heavy atom. The summed E-state index contributed by atoms with van der Waals surface area (Å²) in [6.07, 6.45) is -1.36. The van der Waals surface area contributed by atoms with Crippen molar-refractivity contribution in [1.29, 1.82) is 0 Å². The number of hydrogen-bond acceptors (Lipinski definition) is 5. The van der Waals surface area contributed by atoms with E-state index in [1.807, 2.05) is 30.3 Å². The van der Waals surface area contributed by atoms with E-state index in [1.165, 1.54) is 11.3 Å². The molecule has 1 aromatic carbocycles. The van der Waals surface area contributed by atoms with Gasteiger partial charge in [-0.05, 0) is 5.56 Å². The average molecular weight is 290 g/mol. The van der Waals surface area contributed by atoms with Crippen LogP contribution in [0.3, 0.4) is 0 Å². The maximum Gasteiger partial charge on any atom is 0.271 e. The van der Waals surface area contributed by atoms with Gasteiger partial charge < -0.3 is 20.5 Å². The number of nitrogens with zero attached hydrogens (tertiary/aromatic N) is 1. The van der Waals surface area contributed by atoms with Gasteiger partial charge in [-0.1, -0.05) is 30.3 Å². The van der Waals surface area contributed by atoms with Gasteiger partial charge in [-0.15, -0.1) is 11.3 Å². The number of thiazole rings is 1. The number of amides is 2. The second-order valence-electron chi connectivity index (χ2n) is 3.87. The molecule has 2 rings (SSSR count). The van der Waals surface area contributed by atoms with Crippen molar-refractivity contribution in [3.05, 3.63) is 41.5 Å². The SMILES string of the molecule is O=C([O-])NCCNC(=O)c1ncsc1-c1ccccc1. The van der Waals surface area contributed by atoms with Gasteiger partial charge in [0.1, 0.15) is 11.8 Å². The molecule has 104 valence electrons. The van der Waals surface area contributed by atoms with Gasteiger partial charge in [0, 0.05) is 13.1 Å². The first kappa shape index (κ1) is 14.0. The van der Waals surface area contributed by atoms with Crippen LogP contribution in [0.25, 0.3) is 10.4 Å². The highest BCUT2D eigenvalue weighted by atomic mass is 32.1. The summed E-state index contributed by atoms with van der Waals surface area (Å²) in [5, 5.41) is 14.8. The van der Waals surface area contributed by atoms with E-state index < -0.39 is 6.09 Å². The van der Waals surface area contributed by atoms with E-state index in [4.69, 9.17) is 0 Å². The molecule has 0 aliphatic heterocycles. The molecule has 0 aliphatic carbocycles. The lowest BCUT2D eigenvalue weighted by atomic mass is 10.1. The number of carbonyl (C=O) groups excluding carboxylic acids is 2. The molecule has 6 nitrogen and oxygen atoms in total. The molecule has 2 aromatic rings. The fourth-order valence-corrected chi connectivity index (χ4v) is 2.42. The third kappa shape index (κ3) is 3.55. The third-order valence-electron chi connectivity index (χ3n) is 2.50. The molecule has 7 heteroatoms. The lowest BCUT2D eigenvalue weighted by molar-refractivity contribution is -0.250. The normalized spacial score (nSPS) is 10.0. The zero-order valence-corrected chi connectivity index (χ0v) is 11.3. The maximum atomic E-state index is 12.0. The van der Waals surface area contributed by atoms with Gasteiger partial charge in [-0.2, -0.15) is 0 Å². The minimum atomic E-state index is -1.36. The van der Waals surface area contributed by atoms with Crippen LogP contribution in [-0.4, -0.2) is 30.1 Å². The number of carbonyl (C=O) groups is 2. The number of nitrogens with one attached hydrogen (secondary N) is 2. The van der Waals surface area contributed by atoms with Gasteiger partial charge in [0.15, 0.2) is 0 Å². The van der Waals surface area contributed by atoms with E-state index in [9.17, 15) is 14.7 Å². The molecule has 0 atom stereocenters. The Morgan fingerprint density at radius 1 is 1.15 bits per heavy atom. The predicted molar refractivity (Wildman–Crippen MR) is 73.3 cm³/mol. The summed E-state index contributed by atoms with van der Waals surface area (Å²) < 4.78 is 0. The van der Waals surface area contributed by atoms with Crippen molar-refractivity contribution in [2.75, 3.05) is 13.1 Å². The molecule has 1 heterocycles. The van der Waals surface area contributed by atoms with E-state index in [-0.39, 0.29) is 19.0 Å². The minimum Gasteiger partial charge on any atom is -0.530 e. The Kier molecular flexibility index (Phi) is 4.67. The molecular weight excluding hydrogens is 278 g/mol. The predicted octanol–water partition coefficient (Wildman–Crippen LogP) is 0.473. The average Bonchev–Trinajstić information content (AvgIpc) is 2.93. The van der Waals surface area contributed by atoms with Gasteiger partial charge in [-0.3, -0.25) is 4.79 Å². The Balaban J connectivity index is 2.01. The van der Waals surface area contributed by atoms with Crippen LogP contribution in [0.5, 0.6) is 0 Å². The number of hydrogen-bond donors (Lipinski definition) is 2. The third-order valence-corrected chi connectivity index (χ3v) is 3.37. The second-order valence-corrected chi connectivity index (χ2v) is 4.72. The van der Waals surface area contributed by atoms with Crippen LogP contribution in [-0.2, 0) is 0 Å². The summed E-state index contributed by atoms with van der Waals surface area (Å²) in [4.78, 5) is 27.0. The largest absolute Gasteiger partial charge is 0.530 e. The number of carboxylic acid groups (broad SMARTS) is 1. The molecule has 0 saturated heterocycles. The highest BCUT2D eigenvalue weighted by Crippen LogP contribution is 2.27. The Hall–Kier alpha value is -2.41. The van der Waals surface area contributed by atoms with Crippen molar-refractivity contribution in [2.24, 2.45) is 0 Å². The zero-order chi connectivity index (χ0) is 14.4. The van der Waals surface area contributed by atoms with Crippen molar-refractivity contribution >= 4 is 23.3 Å². The first-order valence-electron chi connectivity index (χ1n) is 5.90. The van der Waals surface area contributed by atoms with E-state index in [1.54, 1.807) is 5.51 Å². The van der Waals surface area contributed by atoms with Gasteiger partial charge in [-0.25, -0.2) is 4.98 Å². The molecule has 0 radical (unpaired) electrons. The standard InChI is InChI=1S/C13H13N3O3S/c17-12(14-6-7-15-13(18)19)10-11(20-8-16-10)9-4-2-1-3-5-9/h1-5,8,15H,6-7H2,(H,14,17)(H,18,19)/p-1. The molecule has 20 heavy (non-hydrogen) atoms. The molecule has 0 spiro atoms. The summed E-state index contributed by atoms with van der Waals surface area (Å²) in [5.41, 5.74) is 2.87. The van der Waals surface area contributed by atoms with Crippen molar-refractivity contribution in [3.63, 3.8) is 0 Å². The number of rotatable bonds is 5. The smallest absolute Gasteiger partial charge is 0.271 e. The molecule has 2 N–H and O–H groups in total. The summed E-state index contributed by atoms with van der Waals surface area (Å²) in [5.74, 6) is -0.328.